The molecule has 1 radical (unpaired) electrons. The number of aromatic nitrogens is 1. The molecule has 2 rings (SSSR count). The lowest BCUT2D eigenvalue weighted by atomic mass is 10.0. The first kappa shape index (κ1) is 20.5. The Morgan fingerprint density at radius 3 is 2.88 bits per heavy atom. The van der Waals surface area contributed by atoms with Crippen LogP contribution >= 0.6 is 0 Å². The highest BCUT2D eigenvalue weighted by Gasteiger charge is 2.40. The van der Waals surface area contributed by atoms with Crippen molar-refractivity contribution < 1.29 is 18.0 Å². The van der Waals surface area contributed by atoms with Gasteiger partial charge in [0.1, 0.15) is 6.04 Å². The molecule has 0 aromatic carbocycles. The summed E-state index contributed by atoms with van der Waals surface area (Å²) in [5.41, 5.74) is 0.440. The SMILES string of the molecule is [CH2]C[C@H](C)CC(=O)N(C1CCCNCC1=O)S(=O)(=O)c1ncccc1C. The van der Waals surface area contributed by atoms with Crippen molar-refractivity contribution >= 4 is 21.7 Å². The molecule has 0 bridgehead atoms. The molecule has 7 nitrogen and oxygen atoms in total. The summed E-state index contributed by atoms with van der Waals surface area (Å²) in [5.74, 6) is -0.953. The van der Waals surface area contributed by atoms with Gasteiger partial charge in [0.05, 0.1) is 6.54 Å². The number of pyridine rings is 1. The number of carbonyl (C=O) groups is 2. The maximum absolute atomic E-state index is 13.3. The molecule has 1 saturated heterocycles. The van der Waals surface area contributed by atoms with Gasteiger partial charge in [0.15, 0.2) is 10.8 Å². The number of nitrogens with zero attached hydrogens (tertiary/aromatic N) is 2. The molecule has 1 N–H and O–H groups in total. The Morgan fingerprint density at radius 1 is 1.50 bits per heavy atom. The molecule has 1 aromatic rings. The molecule has 0 spiro atoms. The van der Waals surface area contributed by atoms with E-state index in [9.17, 15) is 18.0 Å². The Kier molecular flexibility index (Phi) is 6.88. The molecule has 2 atom stereocenters. The molecule has 1 aromatic heterocycles. The molecule has 1 fully saturated rings. The highest BCUT2D eigenvalue weighted by molar-refractivity contribution is 7.89. The van der Waals surface area contributed by atoms with Gasteiger partial charge in [-0.2, -0.15) is 8.42 Å². The van der Waals surface area contributed by atoms with Gasteiger partial charge in [-0.15, -0.1) is 0 Å². The van der Waals surface area contributed by atoms with E-state index < -0.39 is 22.0 Å². The van der Waals surface area contributed by atoms with Gasteiger partial charge in [-0.05, 0) is 43.9 Å². The quantitative estimate of drug-likeness (QED) is 0.803. The number of rotatable bonds is 6. The zero-order valence-electron chi connectivity index (χ0n) is 15.3. The summed E-state index contributed by atoms with van der Waals surface area (Å²) in [6, 6.07) is 2.25. The smallest absolute Gasteiger partial charge is 0.284 e. The van der Waals surface area contributed by atoms with Gasteiger partial charge in [0.25, 0.3) is 10.0 Å². The number of carbonyl (C=O) groups excluding carboxylic acids is 2. The van der Waals surface area contributed by atoms with Crippen molar-refractivity contribution in [1.29, 1.82) is 0 Å². The van der Waals surface area contributed by atoms with Crippen LogP contribution < -0.4 is 5.32 Å². The molecule has 1 aliphatic heterocycles. The van der Waals surface area contributed by atoms with Gasteiger partial charge < -0.3 is 5.32 Å². The molecule has 2 heterocycles. The van der Waals surface area contributed by atoms with Crippen LogP contribution in [0.5, 0.6) is 0 Å². The Balaban J connectivity index is 2.50. The van der Waals surface area contributed by atoms with Crippen molar-refractivity contribution in [2.24, 2.45) is 5.92 Å². The van der Waals surface area contributed by atoms with E-state index >= 15 is 0 Å². The van der Waals surface area contributed by atoms with Gasteiger partial charge in [0.2, 0.25) is 5.91 Å². The lowest BCUT2D eigenvalue weighted by molar-refractivity contribution is -0.134. The van der Waals surface area contributed by atoms with Crippen LogP contribution in [-0.4, -0.2) is 48.5 Å². The summed E-state index contributed by atoms with van der Waals surface area (Å²) in [6.07, 6.45) is 2.81. The maximum Gasteiger partial charge on any atom is 0.284 e. The van der Waals surface area contributed by atoms with Crippen molar-refractivity contribution in [3.05, 3.63) is 30.8 Å². The van der Waals surface area contributed by atoms with Crippen molar-refractivity contribution in [3.63, 3.8) is 0 Å². The molecule has 0 saturated carbocycles. The second kappa shape index (κ2) is 8.73. The van der Waals surface area contributed by atoms with E-state index in [1.165, 1.54) is 6.20 Å². The minimum atomic E-state index is -4.23. The lowest BCUT2D eigenvalue weighted by Gasteiger charge is -2.30. The minimum absolute atomic E-state index is 0.0197. The van der Waals surface area contributed by atoms with Crippen molar-refractivity contribution in [2.75, 3.05) is 13.1 Å². The van der Waals surface area contributed by atoms with E-state index in [4.69, 9.17) is 0 Å². The van der Waals surface area contributed by atoms with E-state index in [0.717, 1.165) is 4.31 Å². The Hall–Kier alpha value is -1.80. The minimum Gasteiger partial charge on any atom is -0.310 e. The summed E-state index contributed by atoms with van der Waals surface area (Å²) >= 11 is 0. The monoisotopic (exact) mass is 380 g/mol. The van der Waals surface area contributed by atoms with Gasteiger partial charge >= 0.3 is 0 Å². The molecule has 1 amide bonds. The average Bonchev–Trinajstić information content (AvgIpc) is 2.80. The van der Waals surface area contributed by atoms with E-state index in [0.29, 0.717) is 31.4 Å². The molecule has 0 aliphatic carbocycles. The summed E-state index contributed by atoms with van der Waals surface area (Å²) < 4.78 is 27.3. The third kappa shape index (κ3) is 4.48. The van der Waals surface area contributed by atoms with Crippen LogP contribution in [0.2, 0.25) is 0 Å². The van der Waals surface area contributed by atoms with E-state index in [1.54, 1.807) is 19.1 Å². The van der Waals surface area contributed by atoms with Gasteiger partial charge in [-0.1, -0.05) is 26.3 Å². The molecule has 8 heteroatoms. The van der Waals surface area contributed by atoms with Crippen LogP contribution in [0.1, 0.15) is 38.2 Å². The fourth-order valence-corrected chi connectivity index (χ4v) is 4.71. The van der Waals surface area contributed by atoms with Gasteiger partial charge in [0, 0.05) is 12.6 Å². The molecule has 143 valence electrons. The number of ketones is 1. The molecule has 1 aliphatic rings. The Labute approximate surface area is 155 Å². The number of Topliss-reactive ketones (excluding diaryl/α,β-unsaturated/α-hetero) is 1. The van der Waals surface area contributed by atoms with Crippen LogP contribution in [0.4, 0.5) is 0 Å². The van der Waals surface area contributed by atoms with E-state index in [1.807, 2.05) is 6.92 Å². The number of amides is 1. The van der Waals surface area contributed by atoms with E-state index in [2.05, 4.69) is 17.2 Å². The number of sulfonamides is 1. The molecule has 1 unspecified atom stereocenters. The summed E-state index contributed by atoms with van der Waals surface area (Å²) in [4.78, 5) is 29.4. The van der Waals surface area contributed by atoms with Crippen molar-refractivity contribution in [1.82, 2.24) is 14.6 Å². The summed E-state index contributed by atoms with van der Waals surface area (Å²) in [6.45, 7) is 7.88. The van der Waals surface area contributed by atoms with Gasteiger partial charge in [-0.3, -0.25) is 9.59 Å². The molecule has 26 heavy (non-hydrogen) atoms. The van der Waals surface area contributed by atoms with Crippen molar-refractivity contribution in [2.45, 2.75) is 50.6 Å². The highest BCUT2D eigenvalue weighted by atomic mass is 32.2. The summed E-state index contributed by atoms with van der Waals surface area (Å²) in [7, 11) is -4.23. The van der Waals surface area contributed by atoms with Crippen LogP contribution in [0.15, 0.2) is 23.4 Å². The first-order chi connectivity index (χ1) is 12.3. The number of aryl methyl sites for hydroxylation is 1. The van der Waals surface area contributed by atoms with E-state index in [-0.39, 0.29) is 29.7 Å². The predicted octanol–water partition coefficient (Wildman–Crippen LogP) is 1.48. The van der Waals surface area contributed by atoms with Gasteiger partial charge in [-0.25, -0.2) is 9.29 Å². The lowest BCUT2D eigenvalue weighted by Crippen LogP contribution is -2.50. The Bertz CT molecular complexity index is 763. The number of nitrogens with one attached hydrogen (secondary N) is 1. The molecular weight excluding hydrogens is 354 g/mol. The third-order valence-corrected chi connectivity index (χ3v) is 6.40. The van der Waals surface area contributed by atoms with Crippen LogP contribution in [0.3, 0.4) is 0 Å². The Morgan fingerprint density at radius 2 is 2.23 bits per heavy atom. The summed E-state index contributed by atoms with van der Waals surface area (Å²) in [5, 5.41) is 2.79. The number of hydrogen-bond acceptors (Lipinski definition) is 6. The first-order valence-corrected chi connectivity index (χ1v) is 10.2. The zero-order chi connectivity index (χ0) is 19.3. The third-order valence-electron chi connectivity index (χ3n) is 4.51. The number of hydrogen-bond donors (Lipinski definition) is 1. The zero-order valence-corrected chi connectivity index (χ0v) is 16.1. The van der Waals surface area contributed by atoms with Crippen LogP contribution in [0.25, 0.3) is 0 Å². The second-order valence-corrected chi connectivity index (χ2v) is 8.45. The second-order valence-electron chi connectivity index (χ2n) is 6.72. The fraction of sp³-hybridized carbons (Fsp3) is 0.556. The predicted molar refractivity (Wildman–Crippen MR) is 97.7 cm³/mol. The van der Waals surface area contributed by atoms with Crippen molar-refractivity contribution in [3.8, 4) is 0 Å². The standard InChI is InChI=1S/C18H26N3O4S/c1-4-13(2)11-17(23)21(15-8-6-9-19-12-16(15)22)26(24,25)18-14(3)7-5-10-20-18/h5,7,10,13,15,19H,1,4,6,8-9,11-12H2,2-3H3/t13-,15?/m0/s1. The maximum atomic E-state index is 13.3. The largest absolute Gasteiger partial charge is 0.310 e. The topological polar surface area (TPSA) is 96.4 Å². The van der Waals surface area contributed by atoms with Crippen LogP contribution in [-0.2, 0) is 19.6 Å². The fourth-order valence-electron chi connectivity index (χ4n) is 2.96. The van der Waals surface area contributed by atoms with Crippen LogP contribution in [0, 0.1) is 19.8 Å². The average molecular weight is 380 g/mol. The first-order valence-electron chi connectivity index (χ1n) is 8.80. The molecular formula is C18H26N3O4S. The normalized spacial score (nSPS) is 19.7. The highest BCUT2D eigenvalue weighted by Crippen LogP contribution is 2.25.